The summed E-state index contributed by atoms with van der Waals surface area (Å²) < 4.78 is 42.3. The highest BCUT2D eigenvalue weighted by molar-refractivity contribution is 5.87. The molecule has 8 nitrogen and oxygen atoms in total. The predicted molar refractivity (Wildman–Crippen MR) is 128 cm³/mol. The number of benzene rings is 1. The zero-order valence-electron chi connectivity index (χ0n) is 20.1. The van der Waals surface area contributed by atoms with Crippen LogP contribution in [0.3, 0.4) is 0 Å². The highest BCUT2D eigenvalue weighted by Crippen LogP contribution is 2.40. The maximum absolute atomic E-state index is 14.9. The van der Waals surface area contributed by atoms with Crippen molar-refractivity contribution >= 4 is 11.2 Å². The van der Waals surface area contributed by atoms with Gasteiger partial charge in [-0.3, -0.25) is 4.68 Å². The summed E-state index contributed by atoms with van der Waals surface area (Å²) in [6, 6.07) is 3.92. The first-order chi connectivity index (χ1) is 17.5. The van der Waals surface area contributed by atoms with Gasteiger partial charge < -0.3 is 9.47 Å². The number of halogens is 2. The van der Waals surface area contributed by atoms with Gasteiger partial charge in [0, 0.05) is 35.9 Å². The number of nitrogens with zero attached hydrogens (tertiary/aromatic N) is 6. The second-order valence-corrected chi connectivity index (χ2v) is 9.34. The van der Waals surface area contributed by atoms with Crippen molar-refractivity contribution in [3.05, 3.63) is 59.3 Å². The highest BCUT2D eigenvalue weighted by Gasteiger charge is 2.31. The molecule has 1 aliphatic carbocycles. The van der Waals surface area contributed by atoms with Gasteiger partial charge in [0.25, 0.3) is 0 Å². The van der Waals surface area contributed by atoms with Crippen LogP contribution in [0.2, 0.25) is 0 Å². The summed E-state index contributed by atoms with van der Waals surface area (Å²) in [5.74, 6) is -0.538. The summed E-state index contributed by atoms with van der Waals surface area (Å²) in [5.41, 5.74) is 2.69. The minimum atomic E-state index is -0.723. The van der Waals surface area contributed by atoms with Crippen molar-refractivity contribution in [3.63, 3.8) is 0 Å². The molecule has 0 radical (unpaired) electrons. The van der Waals surface area contributed by atoms with Crippen LogP contribution in [0.15, 0.2) is 30.6 Å². The van der Waals surface area contributed by atoms with Crippen molar-refractivity contribution in [3.8, 4) is 17.1 Å². The maximum Gasteiger partial charge on any atom is 0.236 e. The molecule has 3 aromatic heterocycles. The number of hydrogen-bond donors (Lipinski definition) is 0. The standard InChI is InChI=1S/C26H26F2N6O2/c1-3-35-26-14(2)30-25-23(32-26)22(19-7-4-17(27)11-20(19)28)31-24(33-25)15-8-9-36-21(10-15)16-12-29-34(13-16)18-5-6-18/h4,7,11-13,15,18,21H,3,5-6,8-10H2,1-2H3/t15-,21-/m0/s1. The van der Waals surface area contributed by atoms with Crippen molar-refractivity contribution in [1.29, 1.82) is 0 Å². The second kappa shape index (κ2) is 9.16. The third-order valence-corrected chi connectivity index (χ3v) is 6.71. The van der Waals surface area contributed by atoms with Gasteiger partial charge in [-0.1, -0.05) is 0 Å². The number of aromatic nitrogens is 6. The summed E-state index contributed by atoms with van der Waals surface area (Å²) >= 11 is 0. The van der Waals surface area contributed by atoms with Gasteiger partial charge in [0.2, 0.25) is 5.88 Å². The van der Waals surface area contributed by atoms with Gasteiger partial charge >= 0.3 is 0 Å². The Labute approximate surface area is 206 Å². The molecule has 0 amide bonds. The monoisotopic (exact) mass is 492 g/mol. The Hall–Kier alpha value is -3.53. The lowest BCUT2D eigenvalue weighted by Gasteiger charge is -2.28. The fourth-order valence-corrected chi connectivity index (χ4v) is 4.68. The first-order valence-corrected chi connectivity index (χ1v) is 12.3. The van der Waals surface area contributed by atoms with Crippen molar-refractivity contribution in [2.24, 2.45) is 0 Å². The molecule has 0 bridgehead atoms. The average molecular weight is 493 g/mol. The molecule has 1 saturated carbocycles. The number of hydrogen-bond acceptors (Lipinski definition) is 7. The molecular weight excluding hydrogens is 466 g/mol. The van der Waals surface area contributed by atoms with E-state index in [9.17, 15) is 8.78 Å². The normalized spacial score (nSPS) is 20.1. The molecule has 6 rings (SSSR count). The van der Waals surface area contributed by atoms with E-state index in [1.165, 1.54) is 12.1 Å². The lowest BCUT2D eigenvalue weighted by Crippen LogP contribution is -2.20. The Balaban J connectivity index is 1.42. The molecule has 36 heavy (non-hydrogen) atoms. The summed E-state index contributed by atoms with van der Waals surface area (Å²) in [7, 11) is 0. The van der Waals surface area contributed by atoms with Gasteiger partial charge in [-0.05, 0) is 51.7 Å². The zero-order valence-corrected chi connectivity index (χ0v) is 20.1. The Morgan fingerprint density at radius 1 is 1.11 bits per heavy atom. The van der Waals surface area contributed by atoms with Crippen molar-refractivity contribution < 1.29 is 18.3 Å². The predicted octanol–water partition coefficient (Wildman–Crippen LogP) is 5.24. The van der Waals surface area contributed by atoms with Gasteiger partial charge in [-0.15, -0.1) is 0 Å². The van der Waals surface area contributed by atoms with Crippen molar-refractivity contribution in [2.75, 3.05) is 13.2 Å². The summed E-state index contributed by atoms with van der Waals surface area (Å²) in [6.07, 6.45) is 7.51. The van der Waals surface area contributed by atoms with Crippen LogP contribution in [0.5, 0.6) is 5.88 Å². The van der Waals surface area contributed by atoms with E-state index in [4.69, 9.17) is 19.4 Å². The maximum atomic E-state index is 14.9. The van der Waals surface area contributed by atoms with Crippen LogP contribution in [-0.2, 0) is 4.74 Å². The average Bonchev–Trinajstić information content (AvgIpc) is 3.60. The van der Waals surface area contributed by atoms with E-state index in [1.807, 2.05) is 17.8 Å². The molecule has 2 fully saturated rings. The van der Waals surface area contributed by atoms with Gasteiger partial charge in [-0.2, -0.15) is 5.10 Å². The molecule has 4 heterocycles. The number of ether oxygens (including phenoxy) is 2. The Bertz CT molecular complexity index is 1440. The molecule has 2 atom stereocenters. The quantitative estimate of drug-likeness (QED) is 0.364. The lowest BCUT2D eigenvalue weighted by molar-refractivity contribution is 0.00396. The van der Waals surface area contributed by atoms with Crippen LogP contribution in [0.4, 0.5) is 8.78 Å². The molecule has 4 aromatic rings. The molecule has 1 aliphatic heterocycles. The van der Waals surface area contributed by atoms with E-state index < -0.39 is 11.6 Å². The molecule has 0 N–H and O–H groups in total. The van der Waals surface area contributed by atoms with Gasteiger partial charge in [-0.25, -0.2) is 28.7 Å². The van der Waals surface area contributed by atoms with Crippen molar-refractivity contribution in [2.45, 2.75) is 57.6 Å². The number of rotatable bonds is 6. The van der Waals surface area contributed by atoms with Crippen LogP contribution in [0, 0.1) is 18.6 Å². The highest BCUT2D eigenvalue weighted by atomic mass is 19.1. The molecule has 1 saturated heterocycles. The smallest absolute Gasteiger partial charge is 0.236 e. The summed E-state index contributed by atoms with van der Waals surface area (Å²) in [6.45, 7) is 4.58. The SMILES string of the molecule is CCOc1nc2c(-c3ccc(F)cc3F)nc([C@H]3CCO[C@H](c4cnn(C5CC5)c4)C3)nc2nc1C. The molecule has 1 aromatic carbocycles. The zero-order chi connectivity index (χ0) is 24.8. The van der Waals surface area contributed by atoms with E-state index in [0.717, 1.165) is 24.5 Å². The minimum absolute atomic E-state index is 0.0339. The molecule has 186 valence electrons. The molecular formula is C26H26F2N6O2. The third-order valence-electron chi connectivity index (χ3n) is 6.71. The fraction of sp³-hybridized carbons (Fsp3) is 0.423. The van der Waals surface area contributed by atoms with Crippen LogP contribution in [0.25, 0.3) is 22.4 Å². The lowest BCUT2D eigenvalue weighted by atomic mass is 9.92. The Morgan fingerprint density at radius 2 is 1.97 bits per heavy atom. The van der Waals surface area contributed by atoms with Crippen LogP contribution >= 0.6 is 0 Å². The largest absolute Gasteiger partial charge is 0.477 e. The topological polar surface area (TPSA) is 87.8 Å². The second-order valence-electron chi connectivity index (χ2n) is 9.34. The molecule has 0 spiro atoms. The van der Waals surface area contributed by atoms with Gasteiger partial charge in [0.15, 0.2) is 5.65 Å². The van der Waals surface area contributed by atoms with Crippen LogP contribution < -0.4 is 4.74 Å². The fourth-order valence-electron chi connectivity index (χ4n) is 4.68. The van der Waals surface area contributed by atoms with Crippen LogP contribution in [0.1, 0.15) is 67.8 Å². The third kappa shape index (κ3) is 4.30. The minimum Gasteiger partial charge on any atom is -0.477 e. The van der Waals surface area contributed by atoms with E-state index in [-0.39, 0.29) is 23.3 Å². The summed E-state index contributed by atoms with van der Waals surface area (Å²) in [4.78, 5) is 18.7. The molecule has 2 aliphatic rings. The number of aryl methyl sites for hydroxylation is 1. The van der Waals surface area contributed by atoms with E-state index >= 15 is 0 Å². The first kappa shape index (κ1) is 22.9. The Kier molecular flexibility index (Phi) is 5.83. The van der Waals surface area contributed by atoms with E-state index in [0.29, 0.717) is 60.7 Å². The Morgan fingerprint density at radius 3 is 2.75 bits per heavy atom. The van der Waals surface area contributed by atoms with E-state index in [1.54, 1.807) is 6.92 Å². The summed E-state index contributed by atoms with van der Waals surface area (Å²) in [5, 5.41) is 4.50. The van der Waals surface area contributed by atoms with Gasteiger partial charge in [0.05, 0.1) is 24.9 Å². The van der Waals surface area contributed by atoms with Crippen molar-refractivity contribution in [1.82, 2.24) is 29.7 Å². The van der Waals surface area contributed by atoms with Gasteiger partial charge in [0.1, 0.15) is 34.4 Å². The van der Waals surface area contributed by atoms with Crippen LogP contribution in [-0.4, -0.2) is 42.9 Å². The molecule has 10 heteroatoms. The molecule has 0 unspecified atom stereocenters. The number of fused-ring (bicyclic) bond motifs is 1. The first-order valence-electron chi connectivity index (χ1n) is 12.3. The van der Waals surface area contributed by atoms with E-state index in [2.05, 4.69) is 21.3 Å².